The first-order valence-electron chi connectivity index (χ1n) is 5.61. The number of hydrogen-bond acceptors (Lipinski definition) is 2. The van der Waals surface area contributed by atoms with Crippen LogP contribution < -0.4 is 10.1 Å². The molecule has 0 atom stereocenters. The Morgan fingerprint density at radius 3 is 2.28 bits per heavy atom. The third-order valence-electron chi connectivity index (χ3n) is 2.03. The average Bonchev–Trinajstić information content (AvgIpc) is 2.17. The molecule has 0 radical (unpaired) electrons. The minimum Gasteiger partial charge on any atom is -0.435 e. The Bertz CT molecular complexity index is 396. The highest BCUT2D eigenvalue weighted by Gasteiger charge is 2.14. The maximum atomic E-state index is 11.9. The van der Waals surface area contributed by atoms with E-state index in [0.717, 1.165) is 5.56 Å². The Morgan fingerprint density at radius 1 is 1.28 bits per heavy atom. The van der Waals surface area contributed by atoms with Crippen molar-refractivity contribution in [1.29, 1.82) is 0 Å². The molecule has 18 heavy (non-hydrogen) atoms. The van der Waals surface area contributed by atoms with E-state index in [-0.39, 0.29) is 23.6 Å². The molecule has 1 aromatic carbocycles. The summed E-state index contributed by atoms with van der Waals surface area (Å²) in [5.74, 6) is -0.0185. The van der Waals surface area contributed by atoms with Gasteiger partial charge in [0, 0.05) is 5.54 Å². The first-order valence-corrected chi connectivity index (χ1v) is 5.61. The predicted molar refractivity (Wildman–Crippen MR) is 64.7 cm³/mol. The van der Waals surface area contributed by atoms with Gasteiger partial charge in [-0.15, -0.1) is 0 Å². The van der Waals surface area contributed by atoms with Gasteiger partial charge in [0.15, 0.2) is 0 Å². The van der Waals surface area contributed by atoms with E-state index < -0.39 is 6.61 Å². The van der Waals surface area contributed by atoms with Crippen LogP contribution in [0.15, 0.2) is 24.3 Å². The maximum absolute atomic E-state index is 11.9. The highest BCUT2D eigenvalue weighted by Crippen LogP contribution is 2.15. The zero-order valence-electron chi connectivity index (χ0n) is 10.7. The second-order valence-corrected chi connectivity index (χ2v) is 5.00. The second kappa shape index (κ2) is 5.80. The van der Waals surface area contributed by atoms with E-state index in [0.29, 0.717) is 0 Å². The molecule has 1 aromatic rings. The summed E-state index contributed by atoms with van der Waals surface area (Å²) in [6, 6.07) is 6.04. The van der Waals surface area contributed by atoms with Crippen LogP contribution in [0, 0.1) is 0 Å². The number of carbonyl (C=O) groups is 1. The predicted octanol–water partition coefficient (Wildman–Crippen LogP) is 2.75. The van der Waals surface area contributed by atoms with Gasteiger partial charge in [-0.3, -0.25) is 4.79 Å². The van der Waals surface area contributed by atoms with Gasteiger partial charge in [0.05, 0.1) is 6.42 Å². The van der Waals surface area contributed by atoms with Crippen LogP contribution >= 0.6 is 0 Å². The summed E-state index contributed by atoms with van der Waals surface area (Å²) >= 11 is 0. The summed E-state index contributed by atoms with van der Waals surface area (Å²) in [5.41, 5.74) is 0.467. The molecular formula is C13H17F2NO2. The van der Waals surface area contributed by atoms with Crippen molar-refractivity contribution in [2.24, 2.45) is 0 Å². The minimum absolute atomic E-state index is 0.0879. The molecule has 5 heteroatoms. The molecule has 0 aromatic heterocycles. The largest absolute Gasteiger partial charge is 0.435 e. The van der Waals surface area contributed by atoms with E-state index in [1.54, 1.807) is 12.1 Å². The molecule has 0 saturated carbocycles. The van der Waals surface area contributed by atoms with Gasteiger partial charge in [-0.25, -0.2) is 0 Å². The molecule has 0 aliphatic rings. The minimum atomic E-state index is -2.83. The molecule has 0 fully saturated rings. The third kappa shape index (κ3) is 5.61. The molecule has 0 aliphatic heterocycles. The molecule has 1 rings (SSSR count). The molecule has 0 spiro atoms. The molecule has 0 aliphatic carbocycles. The van der Waals surface area contributed by atoms with Crippen molar-refractivity contribution < 1.29 is 18.3 Å². The van der Waals surface area contributed by atoms with Crippen molar-refractivity contribution >= 4 is 5.91 Å². The Labute approximate surface area is 105 Å². The lowest BCUT2D eigenvalue weighted by atomic mass is 10.1. The van der Waals surface area contributed by atoms with Gasteiger partial charge in [0.25, 0.3) is 0 Å². The summed E-state index contributed by atoms with van der Waals surface area (Å²) in [6.45, 7) is 2.85. The molecule has 0 heterocycles. The van der Waals surface area contributed by atoms with Gasteiger partial charge in [0.1, 0.15) is 5.75 Å². The van der Waals surface area contributed by atoms with Crippen LogP contribution in [0.25, 0.3) is 0 Å². The van der Waals surface area contributed by atoms with E-state index in [1.807, 2.05) is 20.8 Å². The maximum Gasteiger partial charge on any atom is 0.387 e. The molecule has 0 unspecified atom stereocenters. The van der Waals surface area contributed by atoms with E-state index in [4.69, 9.17) is 0 Å². The first kappa shape index (κ1) is 14.4. The lowest BCUT2D eigenvalue weighted by Gasteiger charge is -2.20. The highest BCUT2D eigenvalue weighted by molar-refractivity contribution is 5.79. The molecule has 0 bridgehead atoms. The molecule has 3 nitrogen and oxygen atoms in total. The van der Waals surface area contributed by atoms with Crippen LogP contribution in [0.2, 0.25) is 0 Å². The van der Waals surface area contributed by atoms with Gasteiger partial charge in [0.2, 0.25) is 5.91 Å². The Kier molecular flexibility index (Phi) is 4.64. The van der Waals surface area contributed by atoms with E-state index in [1.165, 1.54) is 12.1 Å². The number of rotatable bonds is 4. The van der Waals surface area contributed by atoms with Crippen LogP contribution in [-0.2, 0) is 11.2 Å². The van der Waals surface area contributed by atoms with Crippen molar-refractivity contribution in [2.45, 2.75) is 39.3 Å². The van der Waals surface area contributed by atoms with Crippen LogP contribution in [-0.4, -0.2) is 18.1 Å². The zero-order chi connectivity index (χ0) is 13.8. The second-order valence-electron chi connectivity index (χ2n) is 5.00. The molecule has 1 N–H and O–H groups in total. The summed E-state index contributed by atoms with van der Waals surface area (Å²) < 4.78 is 28.1. The van der Waals surface area contributed by atoms with Gasteiger partial charge < -0.3 is 10.1 Å². The molecular weight excluding hydrogens is 240 g/mol. The van der Waals surface area contributed by atoms with E-state index in [9.17, 15) is 13.6 Å². The van der Waals surface area contributed by atoms with Gasteiger partial charge in [-0.1, -0.05) is 12.1 Å². The van der Waals surface area contributed by atoms with Crippen molar-refractivity contribution in [2.75, 3.05) is 0 Å². The molecule has 0 saturated heterocycles. The van der Waals surface area contributed by atoms with Crippen LogP contribution in [0.3, 0.4) is 0 Å². The molecule has 1 amide bonds. The van der Waals surface area contributed by atoms with Gasteiger partial charge in [-0.2, -0.15) is 8.78 Å². The summed E-state index contributed by atoms with van der Waals surface area (Å²) in [5, 5.41) is 2.82. The van der Waals surface area contributed by atoms with Crippen LogP contribution in [0.4, 0.5) is 8.78 Å². The quantitative estimate of drug-likeness (QED) is 0.900. The number of ether oxygens (including phenoxy) is 1. The molecule has 100 valence electrons. The number of alkyl halides is 2. The standard InChI is InChI=1S/C13H17F2NO2/c1-13(2,3)16-11(17)8-9-4-6-10(7-5-9)18-12(14)15/h4-7,12H,8H2,1-3H3,(H,16,17). The number of carbonyl (C=O) groups excluding carboxylic acids is 1. The van der Waals surface area contributed by atoms with Gasteiger partial charge in [-0.05, 0) is 38.5 Å². The topological polar surface area (TPSA) is 38.3 Å². The number of nitrogens with one attached hydrogen (secondary N) is 1. The van der Waals surface area contributed by atoms with Crippen molar-refractivity contribution in [3.8, 4) is 5.75 Å². The lowest BCUT2D eigenvalue weighted by Crippen LogP contribution is -2.41. The van der Waals surface area contributed by atoms with E-state index >= 15 is 0 Å². The normalized spacial score (nSPS) is 11.4. The summed E-state index contributed by atoms with van der Waals surface area (Å²) in [4.78, 5) is 11.6. The van der Waals surface area contributed by atoms with Gasteiger partial charge >= 0.3 is 6.61 Å². The average molecular weight is 257 g/mol. The summed E-state index contributed by atoms with van der Waals surface area (Å²) in [7, 11) is 0. The fourth-order valence-corrected chi connectivity index (χ4v) is 1.44. The zero-order valence-corrected chi connectivity index (χ0v) is 10.7. The monoisotopic (exact) mass is 257 g/mol. The highest BCUT2D eigenvalue weighted by atomic mass is 19.3. The lowest BCUT2D eigenvalue weighted by molar-refractivity contribution is -0.121. The number of halogens is 2. The Hall–Kier alpha value is -1.65. The first-order chi connectivity index (χ1) is 8.26. The Morgan fingerprint density at radius 2 is 1.83 bits per heavy atom. The fourth-order valence-electron chi connectivity index (χ4n) is 1.44. The number of hydrogen-bond donors (Lipinski definition) is 1. The Balaban J connectivity index is 2.56. The van der Waals surface area contributed by atoms with Crippen LogP contribution in [0.5, 0.6) is 5.75 Å². The van der Waals surface area contributed by atoms with Crippen molar-refractivity contribution in [3.05, 3.63) is 29.8 Å². The van der Waals surface area contributed by atoms with Crippen LogP contribution in [0.1, 0.15) is 26.3 Å². The smallest absolute Gasteiger partial charge is 0.387 e. The third-order valence-corrected chi connectivity index (χ3v) is 2.03. The SMILES string of the molecule is CC(C)(C)NC(=O)Cc1ccc(OC(F)F)cc1. The summed E-state index contributed by atoms with van der Waals surface area (Å²) in [6.07, 6.45) is 0.215. The fraction of sp³-hybridized carbons (Fsp3) is 0.462. The number of amides is 1. The van der Waals surface area contributed by atoms with Crippen molar-refractivity contribution in [1.82, 2.24) is 5.32 Å². The van der Waals surface area contributed by atoms with Crippen molar-refractivity contribution in [3.63, 3.8) is 0 Å². The van der Waals surface area contributed by atoms with E-state index in [2.05, 4.69) is 10.1 Å². The number of benzene rings is 1.